The molecule has 0 saturated heterocycles. The van der Waals surface area contributed by atoms with E-state index in [1.54, 1.807) is 30.3 Å². The zero-order chi connectivity index (χ0) is 17.8. The van der Waals surface area contributed by atoms with Crippen LogP contribution in [0.4, 0.5) is 5.69 Å². The topological polar surface area (TPSA) is 55.4 Å². The molecule has 25 heavy (non-hydrogen) atoms. The largest absolute Gasteiger partial charge is 0.485 e. The Hall–Kier alpha value is -3.14. The van der Waals surface area contributed by atoms with E-state index in [2.05, 4.69) is 5.32 Å². The van der Waals surface area contributed by atoms with Crippen molar-refractivity contribution < 1.29 is 14.3 Å². The number of anilines is 1. The van der Waals surface area contributed by atoms with Crippen LogP contribution >= 0.6 is 0 Å². The van der Waals surface area contributed by atoms with Gasteiger partial charge < -0.3 is 10.1 Å². The van der Waals surface area contributed by atoms with Crippen molar-refractivity contribution in [1.29, 1.82) is 0 Å². The zero-order valence-electron chi connectivity index (χ0n) is 14.2. The summed E-state index contributed by atoms with van der Waals surface area (Å²) in [4.78, 5) is 23.5. The number of ether oxygens (including phenoxy) is 1. The second kappa shape index (κ2) is 7.18. The molecule has 1 N–H and O–H groups in total. The molecule has 0 saturated carbocycles. The summed E-state index contributed by atoms with van der Waals surface area (Å²) in [6.07, 6.45) is 5.12. The Labute approximate surface area is 146 Å². The summed E-state index contributed by atoms with van der Waals surface area (Å²) in [6.45, 7) is 3.44. The standard InChI is InChI=1S/C21H19NO3/c1-14(23)16-7-5-8-19(13-16)22-21(24)11-10-17-12-18-6-3-4-9-20(18)25-15(17)2/h3-13,15H,1-2H3,(H,22,24). The Morgan fingerprint density at radius 1 is 1.12 bits per heavy atom. The van der Waals surface area contributed by atoms with Gasteiger partial charge in [0.15, 0.2) is 5.78 Å². The summed E-state index contributed by atoms with van der Waals surface area (Å²) in [6, 6.07) is 14.7. The van der Waals surface area contributed by atoms with Crippen molar-refractivity contribution in [3.05, 3.63) is 77.4 Å². The number of hydrogen-bond donors (Lipinski definition) is 1. The molecule has 0 spiro atoms. The molecule has 1 atom stereocenters. The van der Waals surface area contributed by atoms with Crippen molar-refractivity contribution in [2.75, 3.05) is 5.32 Å². The van der Waals surface area contributed by atoms with E-state index in [0.29, 0.717) is 11.3 Å². The number of para-hydroxylation sites is 1. The highest BCUT2D eigenvalue weighted by Crippen LogP contribution is 2.29. The average Bonchev–Trinajstić information content (AvgIpc) is 2.60. The van der Waals surface area contributed by atoms with E-state index in [1.165, 1.54) is 13.0 Å². The molecule has 126 valence electrons. The second-order valence-electron chi connectivity index (χ2n) is 5.90. The number of carbonyl (C=O) groups excluding carboxylic acids is 2. The molecular formula is C21H19NO3. The van der Waals surface area contributed by atoms with Crippen molar-refractivity contribution in [1.82, 2.24) is 0 Å². The van der Waals surface area contributed by atoms with E-state index in [4.69, 9.17) is 4.74 Å². The molecule has 4 nitrogen and oxygen atoms in total. The summed E-state index contributed by atoms with van der Waals surface area (Å²) < 4.78 is 5.85. The third kappa shape index (κ3) is 4.04. The zero-order valence-corrected chi connectivity index (χ0v) is 14.2. The van der Waals surface area contributed by atoms with Gasteiger partial charge in [0, 0.05) is 22.9 Å². The monoisotopic (exact) mass is 333 g/mol. The summed E-state index contributed by atoms with van der Waals surface area (Å²) in [7, 11) is 0. The number of Topliss-reactive ketones (excluding diaryl/α,β-unsaturated/α-hetero) is 1. The first-order valence-electron chi connectivity index (χ1n) is 8.10. The van der Waals surface area contributed by atoms with Crippen LogP contribution in [-0.2, 0) is 4.79 Å². The van der Waals surface area contributed by atoms with Crippen LogP contribution in [0.15, 0.2) is 66.3 Å². The predicted octanol–water partition coefficient (Wildman–Crippen LogP) is 4.25. The lowest BCUT2D eigenvalue weighted by molar-refractivity contribution is -0.111. The van der Waals surface area contributed by atoms with Gasteiger partial charge in [-0.05, 0) is 49.8 Å². The maximum atomic E-state index is 12.1. The molecule has 0 aliphatic carbocycles. The number of nitrogens with one attached hydrogen (secondary N) is 1. The smallest absolute Gasteiger partial charge is 0.248 e. The van der Waals surface area contributed by atoms with Crippen molar-refractivity contribution in [3.63, 3.8) is 0 Å². The predicted molar refractivity (Wildman–Crippen MR) is 98.7 cm³/mol. The Morgan fingerprint density at radius 3 is 2.72 bits per heavy atom. The average molecular weight is 333 g/mol. The quantitative estimate of drug-likeness (QED) is 0.672. The Bertz CT molecular complexity index is 880. The lowest BCUT2D eigenvalue weighted by Gasteiger charge is -2.22. The summed E-state index contributed by atoms with van der Waals surface area (Å²) in [5.41, 5.74) is 3.08. The van der Waals surface area contributed by atoms with Gasteiger partial charge >= 0.3 is 0 Å². The SMILES string of the molecule is CC(=O)c1cccc(NC(=O)C=CC2=Cc3ccccc3OC2C)c1. The van der Waals surface area contributed by atoms with Crippen LogP contribution in [0, 0.1) is 0 Å². The molecule has 3 rings (SSSR count). The molecule has 4 heteroatoms. The molecule has 1 aliphatic rings. The summed E-state index contributed by atoms with van der Waals surface area (Å²) in [5, 5.41) is 2.76. The molecule has 2 aromatic carbocycles. The van der Waals surface area contributed by atoms with Crippen LogP contribution in [0.1, 0.15) is 29.8 Å². The van der Waals surface area contributed by atoms with Gasteiger partial charge in [-0.1, -0.05) is 30.3 Å². The molecule has 0 bridgehead atoms. The molecule has 1 aliphatic heterocycles. The number of rotatable bonds is 4. The lowest BCUT2D eigenvalue weighted by Crippen LogP contribution is -2.18. The third-order valence-corrected chi connectivity index (χ3v) is 3.98. The van der Waals surface area contributed by atoms with Crippen LogP contribution in [0.5, 0.6) is 5.75 Å². The minimum absolute atomic E-state index is 0.0383. The molecular weight excluding hydrogens is 314 g/mol. The van der Waals surface area contributed by atoms with E-state index >= 15 is 0 Å². The highest BCUT2D eigenvalue weighted by molar-refractivity contribution is 6.01. The molecule has 1 heterocycles. The highest BCUT2D eigenvalue weighted by atomic mass is 16.5. The molecule has 0 radical (unpaired) electrons. The Balaban J connectivity index is 1.72. The van der Waals surface area contributed by atoms with Gasteiger partial charge in [-0.15, -0.1) is 0 Å². The Morgan fingerprint density at radius 2 is 1.92 bits per heavy atom. The number of hydrogen-bond acceptors (Lipinski definition) is 3. The van der Waals surface area contributed by atoms with Gasteiger partial charge in [0.1, 0.15) is 11.9 Å². The van der Waals surface area contributed by atoms with Crippen LogP contribution in [0.25, 0.3) is 6.08 Å². The van der Waals surface area contributed by atoms with Crippen molar-refractivity contribution >= 4 is 23.5 Å². The first-order chi connectivity index (χ1) is 12.0. The van der Waals surface area contributed by atoms with Crippen molar-refractivity contribution in [3.8, 4) is 5.75 Å². The minimum Gasteiger partial charge on any atom is -0.485 e. The Kier molecular flexibility index (Phi) is 4.80. The normalized spacial score (nSPS) is 15.9. The van der Waals surface area contributed by atoms with Crippen LogP contribution in [0.3, 0.4) is 0 Å². The number of carbonyl (C=O) groups is 2. The van der Waals surface area contributed by atoms with Gasteiger partial charge in [-0.2, -0.15) is 0 Å². The highest BCUT2D eigenvalue weighted by Gasteiger charge is 2.16. The van der Waals surface area contributed by atoms with Gasteiger partial charge in [0.05, 0.1) is 0 Å². The fraction of sp³-hybridized carbons (Fsp3) is 0.143. The first-order valence-corrected chi connectivity index (χ1v) is 8.10. The first kappa shape index (κ1) is 16.7. The molecule has 2 aromatic rings. The molecule has 0 fully saturated rings. The summed E-state index contributed by atoms with van der Waals surface area (Å²) >= 11 is 0. The fourth-order valence-corrected chi connectivity index (χ4v) is 2.62. The van der Waals surface area contributed by atoms with Crippen molar-refractivity contribution in [2.24, 2.45) is 0 Å². The van der Waals surface area contributed by atoms with Gasteiger partial charge in [-0.3, -0.25) is 9.59 Å². The molecule has 1 unspecified atom stereocenters. The van der Waals surface area contributed by atoms with Gasteiger partial charge in [0.2, 0.25) is 5.91 Å². The molecule has 0 aromatic heterocycles. The van der Waals surface area contributed by atoms with E-state index in [0.717, 1.165) is 16.9 Å². The number of benzene rings is 2. The minimum atomic E-state index is -0.257. The number of fused-ring (bicyclic) bond motifs is 1. The second-order valence-corrected chi connectivity index (χ2v) is 5.90. The van der Waals surface area contributed by atoms with Crippen LogP contribution in [-0.4, -0.2) is 17.8 Å². The van der Waals surface area contributed by atoms with E-state index in [1.807, 2.05) is 37.3 Å². The van der Waals surface area contributed by atoms with Crippen LogP contribution in [0.2, 0.25) is 0 Å². The summed E-state index contributed by atoms with van der Waals surface area (Å²) in [5.74, 6) is 0.550. The van der Waals surface area contributed by atoms with Gasteiger partial charge in [-0.25, -0.2) is 0 Å². The molecule has 1 amide bonds. The van der Waals surface area contributed by atoms with E-state index in [9.17, 15) is 9.59 Å². The lowest BCUT2D eigenvalue weighted by atomic mass is 10.0. The number of ketones is 1. The maximum absolute atomic E-state index is 12.1. The van der Waals surface area contributed by atoms with E-state index < -0.39 is 0 Å². The van der Waals surface area contributed by atoms with Gasteiger partial charge in [0.25, 0.3) is 0 Å². The third-order valence-electron chi connectivity index (χ3n) is 3.98. The number of amides is 1. The van der Waals surface area contributed by atoms with Crippen molar-refractivity contribution in [2.45, 2.75) is 20.0 Å². The fourth-order valence-electron chi connectivity index (χ4n) is 2.62. The van der Waals surface area contributed by atoms with E-state index in [-0.39, 0.29) is 17.8 Å². The maximum Gasteiger partial charge on any atom is 0.248 e. The van der Waals surface area contributed by atoms with Crippen LogP contribution < -0.4 is 10.1 Å².